The van der Waals surface area contributed by atoms with Crippen LogP contribution in [0.5, 0.6) is 5.75 Å². The van der Waals surface area contributed by atoms with Crippen LogP contribution in [0.4, 0.5) is 5.69 Å². The van der Waals surface area contributed by atoms with Crippen molar-refractivity contribution in [2.45, 2.75) is 6.61 Å². The fraction of sp³-hybridized carbons (Fsp3) is 0.0952. The lowest BCUT2D eigenvalue weighted by Crippen LogP contribution is -2.53. The number of thiocarbonyl (C=S) groups is 1. The average Bonchev–Trinajstić information content (AvgIpc) is 2.73. The monoisotopic (exact) mass is 423 g/mol. The molecule has 152 valence electrons. The van der Waals surface area contributed by atoms with Gasteiger partial charge in [0.05, 0.1) is 4.92 Å². The lowest BCUT2D eigenvalue weighted by molar-refractivity contribution is -0.384. The number of nitro benzene ring substituents is 1. The first-order valence-electron chi connectivity index (χ1n) is 8.85. The molecule has 0 aromatic heterocycles. The number of nitro groups is 1. The first-order valence-corrected chi connectivity index (χ1v) is 9.26. The van der Waals surface area contributed by atoms with Crippen LogP contribution in [-0.4, -0.2) is 33.3 Å². The smallest absolute Gasteiger partial charge is 0.269 e. The topological polar surface area (TPSA) is 102 Å². The summed E-state index contributed by atoms with van der Waals surface area (Å²) < 4.78 is 5.80. The van der Waals surface area contributed by atoms with Crippen LogP contribution in [0.1, 0.15) is 11.1 Å². The fourth-order valence-electron chi connectivity index (χ4n) is 2.80. The minimum atomic E-state index is -0.598. The van der Waals surface area contributed by atoms with E-state index in [4.69, 9.17) is 17.0 Å². The second-order valence-corrected chi connectivity index (χ2v) is 6.66. The van der Waals surface area contributed by atoms with Gasteiger partial charge in [0.2, 0.25) is 0 Å². The van der Waals surface area contributed by atoms with Crippen LogP contribution in [0.2, 0.25) is 0 Å². The maximum atomic E-state index is 12.7. The van der Waals surface area contributed by atoms with Gasteiger partial charge < -0.3 is 4.74 Å². The molecule has 0 bridgehead atoms. The van der Waals surface area contributed by atoms with Crippen LogP contribution in [0.15, 0.2) is 66.8 Å². The average molecular weight is 423 g/mol. The molecule has 0 radical (unpaired) electrons. The van der Waals surface area contributed by atoms with Gasteiger partial charge in [-0.25, -0.2) is 0 Å². The van der Waals surface area contributed by atoms with E-state index in [0.717, 1.165) is 0 Å². The standard InChI is InChI=1S/C21H17N3O5S/c1-2-10-23-20(26)17(19(25)22-21(23)30)12-15-7-3-4-9-18(15)29-13-14-6-5-8-16(11-14)24(27)28/h2-9,11-12H,1,10,13H2,(H,22,25,30)/b17-12-. The summed E-state index contributed by atoms with van der Waals surface area (Å²) in [4.78, 5) is 36.7. The van der Waals surface area contributed by atoms with Crippen LogP contribution in [0, 0.1) is 10.1 Å². The van der Waals surface area contributed by atoms with Crippen LogP contribution in [0.3, 0.4) is 0 Å². The maximum absolute atomic E-state index is 12.7. The highest BCUT2D eigenvalue weighted by atomic mass is 32.1. The van der Waals surface area contributed by atoms with Gasteiger partial charge in [0.1, 0.15) is 17.9 Å². The molecule has 0 unspecified atom stereocenters. The van der Waals surface area contributed by atoms with Gasteiger partial charge in [-0.05, 0) is 29.9 Å². The molecule has 30 heavy (non-hydrogen) atoms. The number of carbonyl (C=O) groups excluding carboxylic acids is 2. The number of non-ortho nitro benzene ring substituents is 1. The Kier molecular flexibility index (Phi) is 6.33. The van der Waals surface area contributed by atoms with E-state index in [0.29, 0.717) is 16.9 Å². The third-order valence-corrected chi connectivity index (χ3v) is 4.55. The molecule has 0 atom stereocenters. The van der Waals surface area contributed by atoms with E-state index >= 15 is 0 Å². The second kappa shape index (κ2) is 9.10. The highest BCUT2D eigenvalue weighted by Crippen LogP contribution is 2.24. The Morgan fingerprint density at radius 1 is 1.20 bits per heavy atom. The van der Waals surface area contributed by atoms with Crippen molar-refractivity contribution in [1.29, 1.82) is 0 Å². The van der Waals surface area contributed by atoms with Crippen molar-refractivity contribution in [2.75, 3.05) is 6.54 Å². The number of benzene rings is 2. The zero-order valence-corrected chi connectivity index (χ0v) is 16.6. The fourth-order valence-corrected chi connectivity index (χ4v) is 3.05. The molecular formula is C21H17N3O5S. The van der Waals surface area contributed by atoms with E-state index in [2.05, 4.69) is 11.9 Å². The van der Waals surface area contributed by atoms with Crippen molar-refractivity contribution >= 4 is 40.9 Å². The summed E-state index contributed by atoms with van der Waals surface area (Å²) in [5.41, 5.74) is 1.000. The zero-order valence-electron chi connectivity index (χ0n) is 15.7. The van der Waals surface area contributed by atoms with Crippen LogP contribution >= 0.6 is 12.2 Å². The molecule has 1 fully saturated rings. The Morgan fingerprint density at radius 3 is 2.70 bits per heavy atom. The summed E-state index contributed by atoms with van der Waals surface area (Å²) in [7, 11) is 0. The lowest BCUT2D eigenvalue weighted by atomic mass is 10.1. The molecule has 0 saturated carbocycles. The van der Waals surface area contributed by atoms with Gasteiger partial charge in [-0.2, -0.15) is 0 Å². The van der Waals surface area contributed by atoms with Crippen LogP contribution < -0.4 is 10.1 Å². The van der Waals surface area contributed by atoms with E-state index in [9.17, 15) is 19.7 Å². The number of amides is 2. The Hall–Kier alpha value is -3.85. The van der Waals surface area contributed by atoms with Crippen molar-refractivity contribution < 1.29 is 19.2 Å². The zero-order chi connectivity index (χ0) is 21.7. The van der Waals surface area contributed by atoms with Gasteiger partial charge in [0, 0.05) is 24.2 Å². The second-order valence-electron chi connectivity index (χ2n) is 6.28. The van der Waals surface area contributed by atoms with Crippen molar-refractivity contribution in [3.63, 3.8) is 0 Å². The van der Waals surface area contributed by atoms with E-state index in [-0.39, 0.29) is 29.5 Å². The number of ether oxygens (including phenoxy) is 1. The van der Waals surface area contributed by atoms with Gasteiger partial charge >= 0.3 is 0 Å². The lowest BCUT2D eigenvalue weighted by Gasteiger charge is -2.27. The molecule has 1 aliphatic heterocycles. The molecule has 2 aromatic rings. The Labute approximate surface area is 177 Å². The van der Waals surface area contributed by atoms with Gasteiger partial charge in [-0.3, -0.25) is 29.9 Å². The Morgan fingerprint density at radius 2 is 1.97 bits per heavy atom. The summed E-state index contributed by atoms with van der Waals surface area (Å²) in [5.74, 6) is -0.712. The predicted molar refractivity (Wildman–Crippen MR) is 114 cm³/mol. The molecule has 2 aromatic carbocycles. The normalized spacial score (nSPS) is 15.1. The summed E-state index contributed by atoms with van der Waals surface area (Å²) >= 11 is 5.04. The number of hydrogen-bond acceptors (Lipinski definition) is 6. The van der Waals surface area contributed by atoms with Crippen LogP contribution in [-0.2, 0) is 16.2 Å². The van der Waals surface area contributed by atoms with Crippen LogP contribution in [0.25, 0.3) is 6.08 Å². The molecule has 8 nitrogen and oxygen atoms in total. The van der Waals surface area contributed by atoms with Crippen molar-refractivity contribution in [2.24, 2.45) is 0 Å². The summed E-state index contributed by atoms with van der Waals surface area (Å²) in [6.45, 7) is 3.83. The number of hydrogen-bond donors (Lipinski definition) is 1. The minimum absolute atomic E-state index is 0.0252. The number of carbonyl (C=O) groups is 2. The van der Waals surface area contributed by atoms with Gasteiger partial charge in [-0.15, -0.1) is 6.58 Å². The van der Waals surface area contributed by atoms with E-state index in [1.165, 1.54) is 29.2 Å². The largest absolute Gasteiger partial charge is 0.488 e. The molecule has 1 N–H and O–H groups in total. The third kappa shape index (κ3) is 4.58. The number of nitrogens with one attached hydrogen (secondary N) is 1. The maximum Gasteiger partial charge on any atom is 0.269 e. The minimum Gasteiger partial charge on any atom is -0.488 e. The molecule has 9 heteroatoms. The number of rotatable bonds is 7. The van der Waals surface area contributed by atoms with Gasteiger partial charge in [-0.1, -0.05) is 36.4 Å². The third-order valence-electron chi connectivity index (χ3n) is 4.23. The first kappa shape index (κ1) is 20.9. The summed E-state index contributed by atoms with van der Waals surface area (Å²) in [5, 5.41) is 13.4. The molecule has 0 aliphatic carbocycles. The molecule has 3 rings (SSSR count). The molecule has 1 heterocycles. The highest BCUT2D eigenvalue weighted by Gasteiger charge is 2.32. The van der Waals surface area contributed by atoms with E-state index in [1.807, 2.05) is 0 Å². The summed E-state index contributed by atoms with van der Waals surface area (Å²) in [6, 6.07) is 13.0. The summed E-state index contributed by atoms with van der Waals surface area (Å²) in [6.07, 6.45) is 2.94. The SMILES string of the molecule is C=CCN1C(=O)/C(=C\c2ccccc2OCc2cccc([N+](=O)[O-])c2)C(=O)NC1=S. The van der Waals surface area contributed by atoms with Crippen molar-refractivity contribution in [3.8, 4) is 5.75 Å². The van der Waals surface area contributed by atoms with E-state index < -0.39 is 16.7 Å². The first-order chi connectivity index (χ1) is 14.4. The Balaban J connectivity index is 1.86. The van der Waals surface area contributed by atoms with Crippen molar-refractivity contribution in [3.05, 3.63) is 88.0 Å². The number of para-hydroxylation sites is 1. The quantitative estimate of drug-likeness (QED) is 0.183. The molecule has 0 spiro atoms. The molecule has 1 saturated heterocycles. The molecule has 1 aliphatic rings. The van der Waals surface area contributed by atoms with E-state index in [1.54, 1.807) is 36.4 Å². The predicted octanol–water partition coefficient (Wildman–Crippen LogP) is 2.99. The Bertz CT molecular complexity index is 1080. The van der Waals surface area contributed by atoms with Gasteiger partial charge in [0.25, 0.3) is 17.5 Å². The molecule has 2 amide bonds. The van der Waals surface area contributed by atoms with Gasteiger partial charge in [0.15, 0.2) is 5.11 Å². The molecular weight excluding hydrogens is 406 g/mol. The number of nitrogens with zero attached hydrogens (tertiary/aromatic N) is 2. The highest BCUT2D eigenvalue weighted by molar-refractivity contribution is 7.80. The van der Waals surface area contributed by atoms with Crippen molar-refractivity contribution in [1.82, 2.24) is 10.2 Å².